The molecule has 16 heavy (non-hydrogen) atoms. The lowest BCUT2D eigenvalue weighted by atomic mass is 9.83. The molecule has 0 bridgehead atoms. The Kier molecular flexibility index (Phi) is 4.65. The van der Waals surface area contributed by atoms with Gasteiger partial charge >= 0.3 is 0 Å². The van der Waals surface area contributed by atoms with Crippen molar-refractivity contribution in [2.75, 3.05) is 0 Å². The van der Waals surface area contributed by atoms with Gasteiger partial charge in [-0.3, -0.25) is 0 Å². The predicted octanol–water partition coefficient (Wildman–Crippen LogP) is 4.26. The van der Waals surface area contributed by atoms with E-state index in [0.717, 1.165) is 5.92 Å². The van der Waals surface area contributed by atoms with Crippen LogP contribution in [0.15, 0.2) is 24.3 Å². The summed E-state index contributed by atoms with van der Waals surface area (Å²) in [6.45, 7) is 0. The molecule has 1 fully saturated rings. The first-order valence-electron chi connectivity index (χ1n) is 6.27. The van der Waals surface area contributed by atoms with Crippen molar-refractivity contribution >= 4 is 22.6 Å². The van der Waals surface area contributed by atoms with Crippen molar-refractivity contribution in [2.24, 2.45) is 11.7 Å². The van der Waals surface area contributed by atoms with E-state index in [9.17, 15) is 0 Å². The topological polar surface area (TPSA) is 26.0 Å². The molecule has 1 unspecified atom stereocenters. The third-order valence-electron chi connectivity index (χ3n) is 3.62. The van der Waals surface area contributed by atoms with Crippen molar-refractivity contribution < 1.29 is 0 Å². The Balaban J connectivity index is 1.96. The van der Waals surface area contributed by atoms with Crippen LogP contribution in [0.5, 0.6) is 0 Å². The van der Waals surface area contributed by atoms with Crippen LogP contribution >= 0.6 is 22.6 Å². The van der Waals surface area contributed by atoms with Crippen LogP contribution in [0.2, 0.25) is 0 Å². The van der Waals surface area contributed by atoms with Gasteiger partial charge in [-0.1, -0.05) is 50.3 Å². The quantitative estimate of drug-likeness (QED) is 0.824. The molecule has 1 aromatic carbocycles. The molecule has 1 saturated carbocycles. The summed E-state index contributed by atoms with van der Waals surface area (Å²) in [5.74, 6) is 0.861. The summed E-state index contributed by atoms with van der Waals surface area (Å²) in [6.07, 6.45) is 8.18. The highest BCUT2D eigenvalue weighted by Gasteiger charge is 2.18. The van der Waals surface area contributed by atoms with Crippen LogP contribution in [-0.4, -0.2) is 0 Å². The summed E-state index contributed by atoms with van der Waals surface area (Å²) < 4.78 is 1.31. The van der Waals surface area contributed by atoms with Crippen LogP contribution in [0.25, 0.3) is 0 Å². The molecule has 2 rings (SSSR count). The highest BCUT2D eigenvalue weighted by molar-refractivity contribution is 14.1. The van der Waals surface area contributed by atoms with Gasteiger partial charge in [0.15, 0.2) is 0 Å². The van der Waals surface area contributed by atoms with Gasteiger partial charge in [-0.05, 0) is 46.6 Å². The molecule has 0 saturated heterocycles. The third kappa shape index (κ3) is 3.20. The van der Waals surface area contributed by atoms with Gasteiger partial charge < -0.3 is 5.73 Å². The number of hydrogen-bond donors (Lipinski definition) is 1. The predicted molar refractivity (Wildman–Crippen MR) is 77.3 cm³/mol. The number of hydrogen-bond acceptors (Lipinski definition) is 1. The minimum atomic E-state index is 0.233. The molecule has 0 radical (unpaired) electrons. The molecular weight excluding hydrogens is 309 g/mol. The Morgan fingerprint density at radius 2 is 1.88 bits per heavy atom. The van der Waals surface area contributed by atoms with Gasteiger partial charge in [-0.25, -0.2) is 0 Å². The fraction of sp³-hybridized carbons (Fsp3) is 0.571. The highest BCUT2D eigenvalue weighted by Crippen LogP contribution is 2.31. The van der Waals surface area contributed by atoms with E-state index in [0.29, 0.717) is 0 Å². The van der Waals surface area contributed by atoms with E-state index < -0.39 is 0 Å². The Morgan fingerprint density at radius 3 is 2.56 bits per heavy atom. The lowest BCUT2D eigenvalue weighted by molar-refractivity contribution is 0.319. The van der Waals surface area contributed by atoms with Crippen LogP contribution in [0.3, 0.4) is 0 Å². The number of rotatable bonds is 3. The van der Waals surface area contributed by atoms with Crippen LogP contribution in [-0.2, 0) is 0 Å². The average Bonchev–Trinajstić information content (AvgIpc) is 2.31. The normalized spacial score (nSPS) is 19.6. The van der Waals surface area contributed by atoms with Crippen molar-refractivity contribution in [1.82, 2.24) is 0 Å². The van der Waals surface area contributed by atoms with Crippen LogP contribution in [0.4, 0.5) is 0 Å². The molecular formula is C14H20IN. The van der Waals surface area contributed by atoms with Gasteiger partial charge in [0.05, 0.1) is 0 Å². The van der Waals surface area contributed by atoms with Crippen molar-refractivity contribution in [2.45, 2.75) is 44.6 Å². The van der Waals surface area contributed by atoms with E-state index in [-0.39, 0.29) is 6.04 Å². The lowest BCUT2D eigenvalue weighted by Crippen LogP contribution is -2.18. The van der Waals surface area contributed by atoms with Gasteiger partial charge in [0.1, 0.15) is 0 Å². The monoisotopic (exact) mass is 329 g/mol. The summed E-state index contributed by atoms with van der Waals surface area (Å²) in [4.78, 5) is 0. The fourth-order valence-corrected chi connectivity index (χ4v) is 3.47. The number of nitrogens with two attached hydrogens (primary N) is 1. The molecule has 1 atom stereocenters. The van der Waals surface area contributed by atoms with Crippen molar-refractivity contribution in [1.29, 1.82) is 0 Å². The van der Waals surface area contributed by atoms with Gasteiger partial charge in [0.25, 0.3) is 0 Å². The minimum absolute atomic E-state index is 0.233. The molecule has 1 aliphatic rings. The van der Waals surface area contributed by atoms with E-state index in [1.807, 2.05) is 0 Å². The molecule has 0 aromatic heterocycles. The second-order valence-corrected chi connectivity index (χ2v) is 6.03. The molecule has 2 heteroatoms. The van der Waals surface area contributed by atoms with Crippen LogP contribution in [0, 0.1) is 9.49 Å². The van der Waals surface area contributed by atoms with Crippen molar-refractivity contribution in [3.63, 3.8) is 0 Å². The highest BCUT2D eigenvalue weighted by atomic mass is 127. The van der Waals surface area contributed by atoms with Gasteiger partial charge in [-0.15, -0.1) is 0 Å². The van der Waals surface area contributed by atoms with E-state index in [1.54, 1.807) is 0 Å². The summed E-state index contributed by atoms with van der Waals surface area (Å²) in [5, 5.41) is 0. The third-order valence-corrected chi connectivity index (χ3v) is 4.60. The van der Waals surface area contributed by atoms with E-state index in [1.165, 1.54) is 47.7 Å². The first-order chi connectivity index (χ1) is 7.77. The molecule has 1 aliphatic carbocycles. The van der Waals surface area contributed by atoms with E-state index in [2.05, 4.69) is 46.9 Å². The molecule has 0 amide bonds. The molecule has 1 aromatic rings. The van der Waals surface area contributed by atoms with Crippen molar-refractivity contribution in [3.8, 4) is 0 Å². The zero-order chi connectivity index (χ0) is 11.4. The fourth-order valence-electron chi connectivity index (χ4n) is 2.68. The first-order valence-corrected chi connectivity index (χ1v) is 7.35. The standard InChI is InChI=1S/C14H20IN/c15-13-9-5-4-8-12(13)14(16)10-11-6-2-1-3-7-11/h4-5,8-9,11,14H,1-3,6-7,10,16H2. The molecule has 2 N–H and O–H groups in total. The molecule has 0 heterocycles. The van der Waals surface area contributed by atoms with Gasteiger partial charge in [0, 0.05) is 9.61 Å². The second kappa shape index (κ2) is 6.01. The largest absolute Gasteiger partial charge is 0.324 e. The van der Waals surface area contributed by atoms with Gasteiger partial charge in [-0.2, -0.15) is 0 Å². The van der Waals surface area contributed by atoms with Crippen LogP contribution < -0.4 is 5.73 Å². The van der Waals surface area contributed by atoms with E-state index >= 15 is 0 Å². The second-order valence-electron chi connectivity index (χ2n) is 4.87. The molecule has 88 valence electrons. The zero-order valence-electron chi connectivity index (χ0n) is 9.66. The maximum absolute atomic E-state index is 6.32. The maximum Gasteiger partial charge on any atom is 0.0308 e. The Morgan fingerprint density at radius 1 is 1.19 bits per heavy atom. The summed E-state index contributed by atoms with van der Waals surface area (Å²) >= 11 is 2.39. The average molecular weight is 329 g/mol. The Labute approximate surface area is 112 Å². The molecule has 0 aliphatic heterocycles. The van der Waals surface area contributed by atoms with Crippen LogP contribution in [0.1, 0.15) is 50.1 Å². The summed E-state index contributed by atoms with van der Waals surface area (Å²) in [5.41, 5.74) is 7.65. The van der Waals surface area contributed by atoms with Crippen molar-refractivity contribution in [3.05, 3.63) is 33.4 Å². The SMILES string of the molecule is NC(CC1CCCCC1)c1ccccc1I. The minimum Gasteiger partial charge on any atom is -0.324 e. The zero-order valence-corrected chi connectivity index (χ0v) is 11.8. The number of benzene rings is 1. The van der Waals surface area contributed by atoms with E-state index in [4.69, 9.17) is 5.73 Å². The molecule has 1 nitrogen and oxygen atoms in total. The maximum atomic E-state index is 6.32. The first kappa shape index (κ1) is 12.4. The molecule has 0 spiro atoms. The summed E-state index contributed by atoms with van der Waals surface area (Å²) in [6, 6.07) is 8.74. The number of halogens is 1. The lowest BCUT2D eigenvalue weighted by Gasteiger charge is -2.25. The summed E-state index contributed by atoms with van der Waals surface area (Å²) in [7, 11) is 0. The Bertz CT molecular complexity index is 331. The smallest absolute Gasteiger partial charge is 0.0308 e. The van der Waals surface area contributed by atoms with Gasteiger partial charge in [0.2, 0.25) is 0 Å². The Hall–Kier alpha value is -0.0900.